The van der Waals surface area contributed by atoms with Crippen LogP contribution < -0.4 is 0 Å². The third-order valence-electron chi connectivity index (χ3n) is 4.30. The zero-order chi connectivity index (χ0) is 16.4. The lowest BCUT2D eigenvalue weighted by atomic mass is 9.89. The molecule has 1 aliphatic carbocycles. The number of carbonyl (C=O) groups is 1. The average molecular weight is 309 g/mol. The highest BCUT2D eigenvalue weighted by atomic mass is 16.1. The fourth-order valence-electron chi connectivity index (χ4n) is 3.21. The van der Waals surface area contributed by atoms with E-state index in [1.54, 1.807) is 0 Å². The minimum Gasteiger partial charge on any atom is -0.383 e. The molecule has 2 aromatic rings. The second-order valence-electron chi connectivity index (χ2n) is 6.32. The minimum atomic E-state index is 0.149. The van der Waals surface area contributed by atoms with Crippen LogP contribution in [0.2, 0.25) is 0 Å². The topological polar surface area (TPSA) is 38.1 Å². The van der Waals surface area contributed by atoms with E-state index in [1.165, 1.54) is 5.56 Å². The van der Waals surface area contributed by atoms with Gasteiger partial charge in [0.05, 0.1) is 11.3 Å². The van der Waals surface area contributed by atoms with Crippen LogP contribution in [0, 0.1) is 0 Å². The standard InChI is InChI=1S/C19H23N3O/c1-21(2)13-15-10-11-16-18(19(15)23)17(22(3)20-16)12-9-14-7-5-4-6-8-14/h4-8,13H,9-12H2,1-3H3. The molecular weight excluding hydrogens is 286 g/mol. The first kappa shape index (κ1) is 15.5. The van der Waals surface area contributed by atoms with Gasteiger partial charge in [0.2, 0.25) is 0 Å². The predicted molar refractivity (Wildman–Crippen MR) is 91.5 cm³/mol. The quantitative estimate of drug-likeness (QED) is 0.815. The van der Waals surface area contributed by atoms with Crippen LogP contribution in [-0.4, -0.2) is 34.6 Å². The number of aromatic nitrogens is 2. The summed E-state index contributed by atoms with van der Waals surface area (Å²) in [5, 5.41) is 4.58. The second kappa shape index (κ2) is 6.41. The first-order chi connectivity index (χ1) is 11.1. The number of hydrogen-bond donors (Lipinski definition) is 0. The number of Topliss-reactive ketones (excluding diaryl/α,β-unsaturated/α-hetero) is 1. The Labute approximate surface area is 137 Å². The maximum Gasteiger partial charge on any atom is 0.194 e. The lowest BCUT2D eigenvalue weighted by Crippen LogP contribution is -2.17. The van der Waals surface area contributed by atoms with Gasteiger partial charge in [-0.3, -0.25) is 9.48 Å². The fourth-order valence-corrected chi connectivity index (χ4v) is 3.21. The van der Waals surface area contributed by atoms with Gasteiger partial charge in [0.1, 0.15) is 0 Å². The summed E-state index contributed by atoms with van der Waals surface area (Å²) in [6, 6.07) is 10.4. The van der Waals surface area contributed by atoms with Gasteiger partial charge in [-0.25, -0.2) is 0 Å². The van der Waals surface area contributed by atoms with Crippen molar-refractivity contribution in [1.29, 1.82) is 0 Å². The average Bonchev–Trinajstić information content (AvgIpc) is 2.85. The van der Waals surface area contributed by atoms with E-state index in [2.05, 4.69) is 29.4 Å². The second-order valence-corrected chi connectivity index (χ2v) is 6.32. The third-order valence-corrected chi connectivity index (χ3v) is 4.30. The van der Waals surface area contributed by atoms with Crippen LogP contribution in [0.5, 0.6) is 0 Å². The number of rotatable bonds is 4. The van der Waals surface area contributed by atoms with Crippen molar-refractivity contribution in [2.75, 3.05) is 14.1 Å². The molecule has 0 saturated carbocycles. The molecule has 4 heteroatoms. The van der Waals surface area contributed by atoms with Gasteiger partial charge in [-0.1, -0.05) is 30.3 Å². The molecule has 0 N–H and O–H groups in total. The molecule has 1 aromatic heterocycles. The Morgan fingerprint density at radius 1 is 1.17 bits per heavy atom. The minimum absolute atomic E-state index is 0.149. The van der Waals surface area contributed by atoms with Crippen molar-refractivity contribution >= 4 is 5.78 Å². The van der Waals surface area contributed by atoms with Crippen LogP contribution in [0.25, 0.3) is 0 Å². The Balaban J connectivity index is 1.88. The zero-order valence-electron chi connectivity index (χ0n) is 14.0. The molecule has 0 saturated heterocycles. The van der Waals surface area contributed by atoms with Crippen LogP contribution in [0.4, 0.5) is 0 Å². The number of ketones is 1. The maximum atomic E-state index is 12.8. The van der Waals surface area contributed by atoms with Gasteiger partial charge in [0, 0.05) is 38.6 Å². The Morgan fingerprint density at radius 3 is 2.61 bits per heavy atom. The SMILES string of the molecule is CN(C)C=C1CCc2nn(C)c(CCc3ccccc3)c2C1=O. The van der Waals surface area contributed by atoms with E-state index < -0.39 is 0 Å². The summed E-state index contributed by atoms with van der Waals surface area (Å²) in [5.74, 6) is 0.149. The molecule has 1 aliphatic rings. The van der Waals surface area contributed by atoms with Crippen molar-refractivity contribution < 1.29 is 4.79 Å². The molecule has 0 amide bonds. The summed E-state index contributed by atoms with van der Waals surface area (Å²) < 4.78 is 1.89. The van der Waals surface area contributed by atoms with Crippen LogP contribution in [0.15, 0.2) is 42.1 Å². The van der Waals surface area contributed by atoms with Crippen molar-refractivity contribution in [2.24, 2.45) is 7.05 Å². The van der Waals surface area contributed by atoms with Crippen LogP contribution in [0.1, 0.15) is 33.7 Å². The number of carbonyl (C=O) groups excluding carboxylic acids is 1. The molecule has 0 atom stereocenters. The van der Waals surface area contributed by atoms with Crippen LogP contribution >= 0.6 is 0 Å². The number of nitrogens with zero attached hydrogens (tertiary/aromatic N) is 3. The molecular formula is C19H23N3O. The number of fused-ring (bicyclic) bond motifs is 1. The fraction of sp³-hybridized carbons (Fsp3) is 0.368. The molecule has 3 rings (SSSR count). The Morgan fingerprint density at radius 2 is 1.91 bits per heavy atom. The first-order valence-corrected chi connectivity index (χ1v) is 8.06. The van der Waals surface area contributed by atoms with Crippen molar-refractivity contribution in [3.05, 3.63) is 64.6 Å². The monoisotopic (exact) mass is 309 g/mol. The van der Waals surface area contributed by atoms with E-state index in [9.17, 15) is 4.79 Å². The summed E-state index contributed by atoms with van der Waals surface area (Å²) in [7, 11) is 5.85. The van der Waals surface area contributed by atoms with E-state index in [-0.39, 0.29) is 5.78 Å². The smallest absolute Gasteiger partial charge is 0.194 e. The van der Waals surface area contributed by atoms with Crippen molar-refractivity contribution in [3.63, 3.8) is 0 Å². The van der Waals surface area contributed by atoms with Gasteiger partial charge in [-0.05, 0) is 31.2 Å². The van der Waals surface area contributed by atoms with E-state index in [0.29, 0.717) is 0 Å². The van der Waals surface area contributed by atoms with Crippen molar-refractivity contribution in [3.8, 4) is 0 Å². The van der Waals surface area contributed by atoms with E-state index in [1.807, 2.05) is 43.0 Å². The largest absolute Gasteiger partial charge is 0.383 e. The molecule has 0 unspecified atom stereocenters. The third kappa shape index (κ3) is 3.21. The summed E-state index contributed by atoms with van der Waals surface area (Å²) in [6.07, 6.45) is 5.33. The molecule has 0 fully saturated rings. The molecule has 0 radical (unpaired) electrons. The first-order valence-electron chi connectivity index (χ1n) is 8.06. The summed E-state index contributed by atoms with van der Waals surface area (Å²) in [6.45, 7) is 0. The molecule has 23 heavy (non-hydrogen) atoms. The van der Waals surface area contributed by atoms with Gasteiger partial charge in [-0.15, -0.1) is 0 Å². The maximum absolute atomic E-state index is 12.8. The van der Waals surface area contributed by atoms with Gasteiger partial charge in [-0.2, -0.15) is 5.10 Å². The molecule has 1 aromatic carbocycles. The summed E-state index contributed by atoms with van der Waals surface area (Å²) >= 11 is 0. The van der Waals surface area contributed by atoms with Gasteiger partial charge < -0.3 is 4.90 Å². The van der Waals surface area contributed by atoms with E-state index in [4.69, 9.17) is 0 Å². The van der Waals surface area contributed by atoms with Gasteiger partial charge in [0.25, 0.3) is 0 Å². The highest BCUT2D eigenvalue weighted by Crippen LogP contribution is 2.28. The highest BCUT2D eigenvalue weighted by Gasteiger charge is 2.29. The lowest BCUT2D eigenvalue weighted by Gasteiger charge is -2.16. The molecule has 120 valence electrons. The highest BCUT2D eigenvalue weighted by molar-refractivity contribution is 6.11. The predicted octanol–water partition coefficient (Wildman–Crippen LogP) is 2.78. The number of hydrogen-bond acceptors (Lipinski definition) is 3. The molecule has 1 heterocycles. The lowest BCUT2D eigenvalue weighted by molar-refractivity contribution is 0.102. The Hall–Kier alpha value is -2.36. The zero-order valence-corrected chi connectivity index (χ0v) is 14.0. The summed E-state index contributed by atoms with van der Waals surface area (Å²) in [4.78, 5) is 14.8. The van der Waals surface area contributed by atoms with Crippen LogP contribution in [-0.2, 0) is 26.3 Å². The molecule has 0 aliphatic heterocycles. The number of benzene rings is 1. The Kier molecular flexibility index (Phi) is 4.33. The number of allylic oxidation sites excluding steroid dienone is 1. The van der Waals surface area contributed by atoms with Crippen LogP contribution in [0.3, 0.4) is 0 Å². The van der Waals surface area contributed by atoms with Gasteiger partial charge >= 0.3 is 0 Å². The number of aryl methyl sites for hydroxylation is 3. The van der Waals surface area contributed by atoms with Crippen molar-refractivity contribution in [1.82, 2.24) is 14.7 Å². The van der Waals surface area contributed by atoms with E-state index in [0.717, 1.165) is 48.2 Å². The molecule has 0 spiro atoms. The van der Waals surface area contributed by atoms with Gasteiger partial charge in [0.15, 0.2) is 5.78 Å². The van der Waals surface area contributed by atoms with Crippen molar-refractivity contribution in [2.45, 2.75) is 25.7 Å². The Bertz CT molecular complexity index is 741. The summed E-state index contributed by atoms with van der Waals surface area (Å²) in [5.41, 5.74) is 5.02. The molecule has 0 bridgehead atoms. The normalized spacial score (nSPS) is 15.8. The van der Waals surface area contributed by atoms with E-state index >= 15 is 0 Å². The molecule has 4 nitrogen and oxygen atoms in total.